The van der Waals surface area contributed by atoms with Crippen molar-refractivity contribution < 1.29 is 44.6 Å². The molecule has 4 rings (SSSR count). The number of halogens is 3. The molecule has 8 nitrogen and oxygen atoms in total. The van der Waals surface area contributed by atoms with Crippen molar-refractivity contribution in [3.05, 3.63) is 55.0 Å². The van der Waals surface area contributed by atoms with E-state index >= 15 is 0 Å². The van der Waals surface area contributed by atoms with Crippen LogP contribution in [0.3, 0.4) is 0 Å². The van der Waals surface area contributed by atoms with Crippen molar-refractivity contribution in [2.24, 2.45) is 0 Å². The number of pyridine rings is 1. The first-order chi connectivity index (χ1) is 14.6. The normalized spacial score (nSPS) is 15.7. The van der Waals surface area contributed by atoms with E-state index in [1.807, 2.05) is 48.8 Å². The predicted molar refractivity (Wildman–Crippen MR) is 99.6 cm³/mol. The molecule has 0 N–H and O–H groups in total. The Hall–Kier alpha value is -2.96. The minimum absolute atomic E-state index is 0.370. The molecule has 31 heavy (non-hydrogen) atoms. The predicted octanol–water partition coefficient (Wildman–Crippen LogP) is 2.75. The molecule has 0 spiro atoms. The minimum atomic E-state index is -6.09. The van der Waals surface area contributed by atoms with E-state index in [0.29, 0.717) is 12.0 Å². The van der Waals surface area contributed by atoms with Crippen LogP contribution < -0.4 is 9.30 Å². The van der Waals surface area contributed by atoms with Gasteiger partial charge in [0.25, 0.3) is 0 Å². The van der Waals surface area contributed by atoms with Gasteiger partial charge in [0.15, 0.2) is 34.8 Å². The maximum atomic E-state index is 10.7. The van der Waals surface area contributed by atoms with Gasteiger partial charge in [0.2, 0.25) is 5.89 Å². The standard InChI is InChI=1S/C18H17N2O3.CHF3O3S/c1-21-15-4-2-13(3-5-15)17-10-19-18(23-17)14-6-8-20(9-7-14)11-16-12-22-16;2-1(3,4)8(5,6)7/h2-10,16H,11-12H2,1H3;(H,5,6,7)/q+1;/p-1. The van der Waals surface area contributed by atoms with E-state index in [4.69, 9.17) is 26.9 Å². The third kappa shape index (κ3) is 6.26. The Morgan fingerprint density at radius 2 is 1.74 bits per heavy atom. The SMILES string of the molecule is COc1ccc(-c2cnc(-c3cc[n+](CC4CO4)cc3)o2)cc1.O=S(=O)([O-])C(F)(F)F. The van der Waals surface area contributed by atoms with Crippen molar-refractivity contribution in [3.63, 3.8) is 0 Å². The van der Waals surface area contributed by atoms with Crippen LogP contribution in [-0.2, 0) is 21.4 Å². The zero-order valence-corrected chi connectivity index (χ0v) is 16.9. The van der Waals surface area contributed by atoms with Crippen molar-refractivity contribution in [1.82, 2.24) is 4.98 Å². The molecule has 1 fully saturated rings. The van der Waals surface area contributed by atoms with E-state index < -0.39 is 15.6 Å². The number of ether oxygens (including phenoxy) is 2. The van der Waals surface area contributed by atoms with Crippen LogP contribution in [0.5, 0.6) is 5.75 Å². The molecular formula is C19H17F3N2O6S. The molecule has 0 bridgehead atoms. The first-order valence-electron chi connectivity index (χ1n) is 8.80. The number of epoxide rings is 1. The summed E-state index contributed by atoms with van der Waals surface area (Å²) in [5, 5.41) is 0. The average molecular weight is 458 g/mol. The second kappa shape index (κ2) is 9.04. The van der Waals surface area contributed by atoms with Crippen LogP contribution in [0.15, 0.2) is 59.4 Å². The van der Waals surface area contributed by atoms with Gasteiger partial charge in [-0.1, -0.05) is 0 Å². The second-order valence-electron chi connectivity index (χ2n) is 6.40. The van der Waals surface area contributed by atoms with Crippen molar-refractivity contribution in [3.8, 4) is 28.5 Å². The molecule has 3 heterocycles. The number of alkyl halides is 3. The van der Waals surface area contributed by atoms with Crippen LogP contribution in [0.25, 0.3) is 22.8 Å². The van der Waals surface area contributed by atoms with E-state index in [9.17, 15) is 13.2 Å². The fourth-order valence-electron chi connectivity index (χ4n) is 2.43. The number of nitrogens with zero attached hydrogens (tertiary/aromatic N) is 2. The third-order valence-corrected chi connectivity index (χ3v) is 4.69. The molecule has 166 valence electrons. The topological polar surface area (TPSA) is 109 Å². The van der Waals surface area contributed by atoms with Crippen LogP contribution >= 0.6 is 0 Å². The summed E-state index contributed by atoms with van der Waals surface area (Å²) in [6.07, 6.45) is 6.16. The summed E-state index contributed by atoms with van der Waals surface area (Å²) >= 11 is 0. The van der Waals surface area contributed by atoms with Gasteiger partial charge < -0.3 is 18.4 Å². The average Bonchev–Trinajstić information content (AvgIpc) is 3.39. The van der Waals surface area contributed by atoms with Crippen molar-refractivity contribution in [2.45, 2.75) is 18.2 Å². The highest BCUT2D eigenvalue weighted by atomic mass is 32.2. The van der Waals surface area contributed by atoms with Gasteiger partial charge in [0, 0.05) is 23.3 Å². The molecular weight excluding hydrogens is 441 g/mol. The van der Waals surface area contributed by atoms with Gasteiger partial charge in [0.1, 0.15) is 11.9 Å². The zero-order chi connectivity index (χ0) is 22.6. The molecule has 2 aromatic heterocycles. The number of aromatic nitrogens is 2. The van der Waals surface area contributed by atoms with Gasteiger partial charge in [0.05, 0.1) is 19.9 Å². The molecule has 1 saturated heterocycles. The van der Waals surface area contributed by atoms with Crippen molar-refractivity contribution >= 4 is 10.1 Å². The Bertz CT molecular complexity index is 1110. The summed E-state index contributed by atoms with van der Waals surface area (Å²) in [6, 6.07) is 11.7. The lowest BCUT2D eigenvalue weighted by molar-refractivity contribution is -0.698. The Labute approximate surface area is 175 Å². The Morgan fingerprint density at radius 3 is 2.23 bits per heavy atom. The van der Waals surface area contributed by atoms with Crippen LogP contribution in [0.4, 0.5) is 13.2 Å². The van der Waals surface area contributed by atoms with Gasteiger partial charge in [-0.15, -0.1) is 0 Å². The Morgan fingerprint density at radius 1 is 1.16 bits per heavy atom. The molecule has 1 atom stereocenters. The highest BCUT2D eigenvalue weighted by Crippen LogP contribution is 2.27. The summed E-state index contributed by atoms with van der Waals surface area (Å²) in [4.78, 5) is 4.38. The summed E-state index contributed by atoms with van der Waals surface area (Å²) in [7, 11) is -4.44. The van der Waals surface area contributed by atoms with Gasteiger partial charge in [-0.2, -0.15) is 13.2 Å². The molecule has 0 radical (unpaired) electrons. The molecule has 0 saturated carbocycles. The molecule has 12 heteroatoms. The Balaban J connectivity index is 0.000000293. The molecule has 0 aliphatic carbocycles. The van der Waals surface area contributed by atoms with E-state index in [2.05, 4.69) is 9.55 Å². The molecule has 1 unspecified atom stereocenters. The number of methoxy groups -OCH3 is 1. The second-order valence-corrected chi connectivity index (χ2v) is 7.77. The molecule has 1 aliphatic rings. The fourth-order valence-corrected chi connectivity index (χ4v) is 2.43. The zero-order valence-electron chi connectivity index (χ0n) is 16.1. The van der Waals surface area contributed by atoms with Crippen LogP contribution in [-0.4, -0.2) is 43.3 Å². The Kier molecular flexibility index (Phi) is 6.62. The van der Waals surface area contributed by atoms with Crippen molar-refractivity contribution in [2.75, 3.05) is 13.7 Å². The molecule has 3 aromatic rings. The van der Waals surface area contributed by atoms with E-state index in [1.165, 1.54) is 0 Å². The maximum absolute atomic E-state index is 10.7. The number of hydrogen-bond acceptors (Lipinski definition) is 7. The lowest BCUT2D eigenvalue weighted by Gasteiger charge is -2.08. The highest BCUT2D eigenvalue weighted by molar-refractivity contribution is 7.86. The molecule has 1 aliphatic heterocycles. The van der Waals surface area contributed by atoms with E-state index in [-0.39, 0.29) is 0 Å². The first-order valence-corrected chi connectivity index (χ1v) is 10.2. The number of hydrogen-bond donors (Lipinski definition) is 0. The van der Waals surface area contributed by atoms with Gasteiger partial charge in [-0.3, -0.25) is 0 Å². The van der Waals surface area contributed by atoms with Gasteiger partial charge >= 0.3 is 5.51 Å². The first kappa shape index (κ1) is 22.7. The van der Waals surface area contributed by atoms with Crippen LogP contribution in [0, 0.1) is 0 Å². The lowest BCUT2D eigenvalue weighted by atomic mass is 10.2. The van der Waals surface area contributed by atoms with Gasteiger partial charge in [-0.05, 0) is 24.3 Å². The number of rotatable bonds is 5. The third-order valence-electron chi connectivity index (χ3n) is 4.12. The summed E-state index contributed by atoms with van der Waals surface area (Å²) < 4.78 is 77.3. The minimum Gasteiger partial charge on any atom is -0.741 e. The molecule has 1 aromatic carbocycles. The number of benzene rings is 1. The number of oxazole rings is 1. The van der Waals surface area contributed by atoms with E-state index in [1.54, 1.807) is 13.3 Å². The largest absolute Gasteiger partial charge is 0.741 e. The summed E-state index contributed by atoms with van der Waals surface area (Å²) in [5.41, 5.74) is -3.72. The maximum Gasteiger partial charge on any atom is 0.485 e. The van der Waals surface area contributed by atoms with Crippen molar-refractivity contribution in [1.29, 1.82) is 0 Å². The monoisotopic (exact) mass is 458 g/mol. The van der Waals surface area contributed by atoms with Crippen LogP contribution in [0.1, 0.15) is 0 Å². The van der Waals surface area contributed by atoms with Crippen LogP contribution in [0.2, 0.25) is 0 Å². The lowest BCUT2D eigenvalue weighted by Crippen LogP contribution is -2.35. The summed E-state index contributed by atoms with van der Waals surface area (Å²) in [6.45, 7) is 1.75. The highest BCUT2D eigenvalue weighted by Gasteiger charge is 2.36. The summed E-state index contributed by atoms with van der Waals surface area (Å²) in [5.74, 6) is 2.18. The molecule has 0 amide bonds. The fraction of sp³-hybridized carbons (Fsp3) is 0.263. The van der Waals surface area contributed by atoms with E-state index in [0.717, 1.165) is 35.8 Å². The quantitative estimate of drug-likeness (QED) is 0.250. The smallest absolute Gasteiger partial charge is 0.485 e. The van der Waals surface area contributed by atoms with Gasteiger partial charge in [-0.25, -0.2) is 18.0 Å².